The van der Waals surface area contributed by atoms with E-state index in [2.05, 4.69) is 9.97 Å². The summed E-state index contributed by atoms with van der Waals surface area (Å²) in [5.41, 5.74) is 2.25. The molecule has 1 aromatic carbocycles. The van der Waals surface area contributed by atoms with Gasteiger partial charge in [0.1, 0.15) is 11.0 Å². The molecule has 0 N–H and O–H groups in total. The lowest BCUT2D eigenvalue weighted by molar-refractivity contribution is 0.109. The molecular weight excluding hydrogens is 290 g/mol. The van der Waals surface area contributed by atoms with Crippen LogP contribution >= 0.6 is 23.2 Å². The molecule has 1 aromatic heterocycles. The number of halogens is 3. The van der Waals surface area contributed by atoms with E-state index in [0.29, 0.717) is 36.2 Å². The Morgan fingerprint density at radius 1 is 1.21 bits per heavy atom. The van der Waals surface area contributed by atoms with Crippen molar-refractivity contribution in [3.63, 3.8) is 0 Å². The van der Waals surface area contributed by atoms with Gasteiger partial charge in [0.05, 0.1) is 23.9 Å². The van der Waals surface area contributed by atoms with Gasteiger partial charge in [-0.25, -0.2) is 14.4 Å². The zero-order valence-electron chi connectivity index (χ0n) is 9.79. The van der Waals surface area contributed by atoms with E-state index in [1.807, 2.05) is 0 Å². The van der Waals surface area contributed by atoms with Crippen LogP contribution in [0.3, 0.4) is 0 Å². The van der Waals surface area contributed by atoms with Crippen LogP contribution in [0, 0.1) is 5.82 Å². The second-order valence-corrected chi connectivity index (χ2v) is 4.96. The van der Waals surface area contributed by atoms with Crippen LogP contribution in [0.1, 0.15) is 11.3 Å². The molecule has 19 heavy (non-hydrogen) atoms. The van der Waals surface area contributed by atoms with E-state index in [4.69, 9.17) is 27.9 Å². The van der Waals surface area contributed by atoms with Gasteiger partial charge >= 0.3 is 0 Å². The van der Waals surface area contributed by atoms with Crippen molar-refractivity contribution >= 4 is 23.2 Å². The molecule has 6 heteroatoms. The van der Waals surface area contributed by atoms with E-state index >= 15 is 0 Å². The topological polar surface area (TPSA) is 35.0 Å². The Hall–Kier alpha value is -1.23. The van der Waals surface area contributed by atoms with Crippen molar-refractivity contribution in [2.75, 3.05) is 6.61 Å². The average molecular weight is 299 g/mol. The highest BCUT2D eigenvalue weighted by molar-refractivity contribution is 6.33. The Balaban J connectivity index is 2.13. The Bertz CT molecular complexity index is 649. The largest absolute Gasteiger partial charge is 0.376 e. The maximum Gasteiger partial charge on any atom is 0.162 e. The van der Waals surface area contributed by atoms with Crippen LogP contribution < -0.4 is 0 Å². The van der Waals surface area contributed by atoms with Gasteiger partial charge in [-0.1, -0.05) is 23.2 Å². The summed E-state index contributed by atoms with van der Waals surface area (Å²) in [4.78, 5) is 8.67. The minimum atomic E-state index is -0.397. The summed E-state index contributed by atoms with van der Waals surface area (Å²) in [5, 5.41) is 0.628. The number of hydrogen-bond acceptors (Lipinski definition) is 3. The molecule has 3 rings (SSSR count). The standard InChI is InChI=1S/C13H9Cl2FN2O/c14-10-5-7(16)1-2-8(10)13-17-11-3-4-19-6-9(11)12(15)18-13/h1-2,5H,3-4,6H2. The van der Waals surface area contributed by atoms with Gasteiger partial charge in [0.15, 0.2) is 5.82 Å². The minimum absolute atomic E-state index is 0.267. The molecule has 0 spiro atoms. The fourth-order valence-electron chi connectivity index (χ4n) is 1.98. The number of benzene rings is 1. The molecule has 1 aliphatic rings. The molecule has 0 radical (unpaired) electrons. The lowest BCUT2D eigenvalue weighted by Crippen LogP contribution is -2.14. The molecule has 0 bridgehead atoms. The zero-order valence-corrected chi connectivity index (χ0v) is 11.3. The predicted octanol–water partition coefficient (Wildman–Crippen LogP) is 3.66. The van der Waals surface area contributed by atoms with E-state index in [9.17, 15) is 4.39 Å². The first-order chi connectivity index (χ1) is 9.15. The van der Waals surface area contributed by atoms with Crippen LogP contribution in [0.5, 0.6) is 0 Å². The summed E-state index contributed by atoms with van der Waals surface area (Å²) in [6.45, 7) is 1.03. The zero-order chi connectivity index (χ0) is 13.4. The van der Waals surface area contributed by atoms with Gasteiger partial charge < -0.3 is 4.74 Å². The highest BCUT2D eigenvalue weighted by atomic mass is 35.5. The summed E-state index contributed by atoms with van der Waals surface area (Å²) in [6.07, 6.45) is 0.684. The number of fused-ring (bicyclic) bond motifs is 1. The quantitative estimate of drug-likeness (QED) is 0.754. The summed E-state index contributed by atoms with van der Waals surface area (Å²) in [6, 6.07) is 4.10. The van der Waals surface area contributed by atoms with Gasteiger partial charge in [0.2, 0.25) is 0 Å². The maximum atomic E-state index is 13.0. The second kappa shape index (κ2) is 5.04. The lowest BCUT2D eigenvalue weighted by atomic mass is 10.1. The Morgan fingerprint density at radius 3 is 2.84 bits per heavy atom. The van der Waals surface area contributed by atoms with Crippen molar-refractivity contribution in [3.8, 4) is 11.4 Å². The third-order valence-electron chi connectivity index (χ3n) is 2.94. The van der Waals surface area contributed by atoms with E-state index in [0.717, 1.165) is 11.3 Å². The average Bonchev–Trinajstić information content (AvgIpc) is 2.38. The van der Waals surface area contributed by atoms with Gasteiger partial charge in [-0.3, -0.25) is 0 Å². The van der Waals surface area contributed by atoms with Crippen molar-refractivity contribution in [3.05, 3.63) is 45.4 Å². The Kier molecular flexibility index (Phi) is 3.39. The molecule has 1 aliphatic heterocycles. The SMILES string of the molecule is Fc1ccc(-c2nc(Cl)c3c(n2)CCOC3)c(Cl)c1. The number of aromatic nitrogens is 2. The summed E-state index contributed by atoms with van der Waals surface area (Å²) in [5.74, 6) is 0.0156. The summed E-state index contributed by atoms with van der Waals surface area (Å²) >= 11 is 12.1. The molecule has 0 amide bonds. The second-order valence-electron chi connectivity index (χ2n) is 4.19. The van der Waals surface area contributed by atoms with Crippen LogP contribution in [0.2, 0.25) is 10.2 Å². The summed E-state index contributed by atoms with van der Waals surface area (Å²) < 4.78 is 18.4. The normalized spacial score (nSPS) is 14.3. The molecule has 2 aromatic rings. The van der Waals surface area contributed by atoms with Gasteiger partial charge in [0, 0.05) is 17.5 Å². The number of ether oxygens (including phenoxy) is 1. The predicted molar refractivity (Wildman–Crippen MR) is 70.8 cm³/mol. The van der Waals surface area contributed by atoms with E-state index in [-0.39, 0.29) is 5.02 Å². The lowest BCUT2D eigenvalue weighted by Gasteiger charge is -2.17. The van der Waals surface area contributed by atoms with Crippen LogP contribution in [0.4, 0.5) is 4.39 Å². The number of hydrogen-bond donors (Lipinski definition) is 0. The first-order valence-electron chi connectivity index (χ1n) is 5.73. The molecular formula is C13H9Cl2FN2O. The molecule has 0 fully saturated rings. The number of nitrogens with zero attached hydrogens (tertiary/aromatic N) is 2. The van der Waals surface area contributed by atoms with Crippen LogP contribution in [0.25, 0.3) is 11.4 Å². The van der Waals surface area contributed by atoms with Crippen LogP contribution in [-0.2, 0) is 17.8 Å². The third-order valence-corrected chi connectivity index (χ3v) is 3.57. The van der Waals surface area contributed by atoms with Gasteiger partial charge in [0.25, 0.3) is 0 Å². The molecule has 2 heterocycles. The summed E-state index contributed by atoms with van der Waals surface area (Å²) in [7, 11) is 0. The van der Waals surface area contributed by atoms with E-state index < -0.39 is 5.82 Å². The van der Waals surface area contributed by atoms with Crippen molar-refractivity contribution in [1.82, 2.24) is 9.97 Å². The molecule has 0 atom stereocenters. The van der Waals surface area contributed by atoms with Gasteiger partial charge in [-0.05, 0) is 18.2 Å². The smallest absolute Gasteiger partial charge is 0.162 e. The first kappa shape index (κ1) is 12.8. The Morgan fingerprint density at radius 2 is 2.05 bits per heavy atom. The van der Waals surface area contributed by atoms with Crippen LogP contribution in [0.15, 0.2) is 18.2 Å². The van der Waals surface area contributed by atoms with E-state index in [1.54, 1.807) is 6.07 Å². The van der Waals surface area contributed by atoms with Gasteiger partial charge in [-0.2, -0.15) is 0 Å². The molecule has 0 aliphatic carbocycles. The first-order valence-corrected chi connectivity index (χ1v) is 6.49. The maximum absolute atomic E-state index is 13.0. The van der Waals surface area contributed by atoms with Crippen molar-refractivity contribution in [2.24, 2.45) is 0 Å². The van der Waals surface area contributed by atoms with Crippen molar-refractivity contribution < 1.29 is 9.13 Å². The minimum Gasteiger partial charge on any atom is -0.376 e. The highest BCUT2D eigenvalue weighted by Crippen LogP contribution is 2.30. The molecule has 98 valence electrons. The fraction of sp³-hybridized carbons (Fsp3) is 0.231. The fourth-order valence-corrected chi connectivity index (χ4v) is 2.48. The van der Waals surface area contributed by atoms with Crippen LogP contribution in [-0.4, -0.2) is 16.6 Å². The Labute approximate surface area is 119 Å². The molecule has 0 saturated heterocycles. The number of rotatable bonds is 1. The van der Waals surface area contributed by atoms with Gasteiger partial charge in [-0.15, -0.1) is 0 Å². The van der Waals surface area contributed by atoms with Crippen molar-refractivity contribution in [1.29, 1.82) is 0 Å². The monoisotopic (exact) mass is 298 g/mol. The molecule has 0 saturated carbocycles. The highest BCUT2D eigenvalue weighted by Gasteiger charge is 2.18. The van der Waals surface area contributed by atoms with E-state index in [1.165, 1.54) is 12.1 Å². The van der Waals surface area contributed by atoms with Crippen molar-refractivity contribution in [2.45, 2.75) is 13.0 Å². The molecule has 3 nitrogen and oxygen atoms in total. The molecule has 0 unspecified atom stereocenters. The third kappa shape index (κ3) is 2.43.